The molecule has 0 fully saturated rings. The van der Waals surface area contributed by atoms with Gasteiger partial charge in [0.2, 0.25) is 11.8 Å². The number of nitrogens with one attached hydrogen (secondary N) is 2. The molecule has 0 spiro atoms. The van der Waals surface area contributed by atoms with E-state index in [0.717, 1.165) is 22.3 Å². The number of carbonyl (C=O) groups is 2. The fourth-order valence-corrected chi connectivity index (χ4v) is 4.44. The number of carbonyl (C=O) groups excluding carboxylic acids is 2. The van der Waals surface area contributed by atoms with Crippen LogP contribution in [0.2, 0.25) is 0 Å². The molecule has 4 aromatic rings. The van der Waals surface area contributed by atoms with E-state index < -0.39 is 11.6 Å². The van der Waals surface area contributed by atoms with Crippen molar-refractivity contribution in [2.24, 2.45) is 5.73 Å². The molecule has 1 unspecified atom stereocenters. The van der Waals surface area contributed by atoms with Crippen LogP contribution in [0.1, 0.15) is 28.7 Å². The quantitative estimate of drug-likeness (QED) is 0.300. The van der Waals surface area contributed by atoms with E-state index in [1.807, 2.05) is 121 Å². The van der Waals surface area contributed by atoms with Crippen molar-refractivity contribution in [1.82, 2.24) is 10.6 Å². The molecule has 1 atom stereocenters. The van der Waals surface area contributed by atoms with Crippen molar-refractivity contribution < 1.29 is 9.59 Å². The molecule has 36 heavy (non-hydrogen) atoms. The Labute approximate surface area is 212 Å². The number of benzene rings is 4. The van der Waals surface area contributed by atoms with E-state index in [9.17, 15) is 9.59 Å². The highest BCUT2D eigenvalue weighted by molar-refractivity contribution is 5.89. The standard InChI is InChI=1S/C31H31N3O2/c32-28(30(36)33-22-21-24-13-5-1-6-14-24)23-29(35)34-31(25-15-7-2-8-16-25,26-17-9-3-10-18-26)27-19-11-4-12-20-27/h1-20,28H,21-23,32H2,(H,33,36)(H,34,35). The van der Waals surface area contributed by atoms with Gasteiger partial charge in [-0.2, -0.15) is 0 Å². The number of rotatable bonds is 10. The molecule has 0 heterocycles. The van der Waals surface area contributed by atoms with E-state index in [-0.39, 0.29) is 18.2 Å². The van der Waals surface area contributed by atoms with Gasteiger partial charge < -0.3 is 16.4 Å². The van der Waals surface area contributed by atoms with Crippen molar-refractivity contribution in [3.05, 3.63) is 144 Å². The summed E-state index contributed by atoms with van der Waals surface area (Å²) >= 11 is 0. The van der Waals surface area contributed by atoms with Gasteiger partial charge in [0.1, 0.15) is 5.54 Å². The highest BCUT2D eigenvalue weighted by atomic mass is 16.2. The molecule has 4 rings (SSSR count). The average Bonchev–Trinajstić information content (AvgIpc) is 2.93. The van der Waals surface area contributed by atoms with Crippen LogP contribution in [0, 0.1) is 0 Å². The van der Waals surface area contributed by atoms with Crippen LogP contribution in [0.4, 0.5) is 0 Å². The van der Waals surface area contributed by atoms with Crippen LogP contribution in [0.25, 0.3) is 0 Å². The smallest absolute Gasteiger partial charge is 0.237 e. The Bertz CT molecular complexity index is 1150. The SMILES string of the molecule is NC(CC(=O)NC(c1ccccc1)(c1ccccc1)c1ccccc1)C(=O)NCCc1ccccc1. The molecule has 0 saturated heterocycles. The van der Waals surface area contributed by atoms with Crippen LogP contribution in [0.15, 0.2) is 121 Å². The maximum absolute atomic E-state index is 13.4. The van der Waals surface area contributed by atoms with Gasteiger partial charge in [0, 0.05) is 6.54 Å². The third kappa shape index (κ3) is 5.88. The molecule has 5 heteroatoms. The molecule has 0 radical (unpaired) electrons. The van der Waals surface area contributed by atoms with Crippen LogP contribution in [-0.4, -0.2) is 24.4 Å². The largest absolute Gasteiger partial charge is 0.354 e. The third-order valence-corrected chi connectivity index (χ3v) is 6.25. The highest BCUT2D eigenvalue weighted by Gasteiger charge is 2.38. The van der Waals surface area contributed by atoms with Crippen LogP contribution < -0.4 is 16.4 Å². The lowest BCUT2D eigenvalue weighted by Crippen LogP contribution is -2.51. The Morgan fingerprint density at radius 1 is 0.667 bits per heavy atom. The van der Waals surface area contributed by atoms with Gasteiger partial charge in [-0.1, -0.05) is 121 Å². The first-order valence-corrected chi connectivity index (χ1v) is 12.1. The first-order valence-electron chi connectivity index (χ1n) is 12.1. The Morgan fingerprint density at radius 3 is 1.53 bits per heavy atom. The molecule has 0 aliphatic rings. The van der Waals surface area contributed by atoms with Gasteiger partial charge in [-0.3, -0.25) is 9.59 Å². The molecule has 2 amide bonds. The summed E-state index contributed by atoms with van der Waals surface area (Å²) in [6.07, 6.45) is 0.566. The van der Waals surface area contributed by atoms with Crippen LogP contribution >= 0.6 is 0 Å². The van der Waals surface area contributed by atoms with Crippen molar-refractivity contribution in [2.75, 3.05) is 6.54 Å². The minimum atomic E-state index is -0.958. The fourth-order valence-electron chi connectivity index (χ4n) is 4.44. The van der Waals surface area contributed by atoms with Gasteiger partial charge in [-0.25, -0.2) is 0 Å². The summed E-state index contributed by atoms with van der Waals surface area (Å²) in [7, 11) is 0. The summed E-state index contributed by atoms with van der Waals surface area (Å²) in [6, 6.07) is 38.5. The van der Waals surface area contributed by atoms with Gasteiger partial charge in [-0.05, 0) is 28.7 Å². The number of hydrogen-bond acceptors (Lipinski definition) is 3. The average molecular weight is 478 g/mol. The molecule has 5 nitrogen and oxygen atoms in total. The predicted octanol–water partition coefficient (Wildman–Crippen LogP) is 4.17. The first-order chi connectivity index (χ1) is 17.6. The van der Waals surface area contributed by atoms with Crippen molar-refractivity contribution in [1.29, 1.82) is 0 Å². The minimum absolute atomic E-state index is 0.134. The minimum Gasteiger partial charge on any atom is -0.354 e. The zero-order chi connectivity index (χ0) is 25.2. The van der Waals surface area contributed by atoms with E-state index >= 15 is 0 Å². The summed E-state index contributed by atoms with van der Waals surface area (Å²) in [4.78, 5) is 26.0. The normalized spacial score (nSPS) is 11.9. The van der Waals surface area contributed by atoms with Crippen molar-refractivity contribution in [3.8, 4) is 0 Å². The van der Waals surface area contributed by atoms with Crippen molar-refractivity contribution in [3.63, 3.8) is 0 Å². The zero-order valence-corrected chi connectivity index (χ0v) is 20.1. The molecular formula is C31H31N3O2. The van der Waals surface area contributed by atoms with Gasteiger partial charge >= 0.3 is 0 Å². The lowest BCUT2D eigenvalue weighted by atomic mass is 9.77. The Balaban J connectivity index is 1.54. The van der Waals surface area contributed by atoms with E-state index in [2.05, 4.69) is 10.6 Å². The summed E-state index contributed by atoms with van der Waals surface area (Å²) in [5, 5.41) is 6.10. The molecule has 0 saturated carbocycles. The molecule has 0 bridgehead atoms. The molecule has 4 aromatic carbocycles. The van der Waals surface area contributed by atoms with Gasteiger partial charge in [0.15, 0.2) is 0 Å². The van der Waals surface area contributed by atoms with Crippen LogP contribution in [0.3, 0.4) is 0 Å². The van der Waals surface area contributed by atoms with Crippen molar-refractivity contribution in [2.45, 2.75) is 24.4 Å². The van der Waals surface area contributed by atoms with Crippen LogP contribution in [-0.2, 0) is 21.5 Å². The Kier molecular flexibility index (Phi) is 8.27. The second kappa shape index (κ2) is 12.0. The zero-order valence-electron chi connectivity index (χ0n) is 20.1. The molecule has 0 aliphatic carbocycles. The van der Waals surface area contributed by atoms with Crippen LogP contribution in [0.5, 0.6) is 0 Å². The van der Waals surface area contributed by atoms with Crippen molar-refractivity contribution >= 4 is 11.8 Å². The van der Waals surface area contributed by atoms with E-state index in [1.54, 1.807) is 0 Å². The van der Waals surface area contributed by atoms with E-state index in [0.29, 0.717) is 13.0 Å². The highest BCUT2D eigenvalue weighted by Crippen LogP contribution is 2.36. The maximum Gasteiger partial charge on any atom is 0.237 e. The van der Waals surface area contributed by atoms with Gasteiger partial charge in [-0.15, -0.1) is 0 Å². The molecule has 4 N–H and O–H groups in total. The lowest BCUT2D eigenvalue weighted by Gasteiger charge is -2.37. The summed E-state index contributed by atoms with van der Waals surface area (Å²) in [5.74, 6) is -0.650. The summed E-state index contributed by atoms with van der Waals surface area (Å²) in [6.45, 7) is 0.458. The van der Waals surface area contributed by atoms with E-state index in [4.69, 9.17) is 5.73 Å². The first kappa shape index (κ1) is 24.9. The molecule has 0 aromatic heterocycles. The number of amides is 2. The second-order valence-corrected chi connectivity index (χ2v) is 8.73. The second-order valence-electron chi connectivity index (χ2n) is 8.73. The van der Waals surface area contributed by atoms with Gasteiger partial charge in [0.25, 0.3) is 0 Å². The summed E-state index contributed by atoms with van der Waals surface area (Å²) in [5.41, 5.74) is 9.09. The monoisotopic (exact) mass is 477 g/mol. The summed E-state index contributed by atoms with van der Waals surface area (Å²) < 4.78 is 0. The Morgan fingerprint density at radius 2 is 1.08 bits per heavy atom. The van der Waals surface area contributed by atoms with Gasteiger partial charge in [0.05, 0.1) is 12.5 Å². The molecule has 0 aliphatic heterocycles. The number of nitrogens with two attached hydrogens (primary N) is 1. The topological polar surface area (TPSA) is 84.2 Å². The molecule has 182 valence electrons. The van der Waals surface area contributed by atoms with E-state index in [1.165, 1.54) is 0 Å². The predicted molar refractivity (Wildman–Crippen MR) is 143 cm³/mol. The maximum atomic E-state index is 13.4. The third-order valence-electron chi connectivity index (χ3n) is 6.25. The number of hydrogen-bond donors (Lipinski definition) is 3. The Hall–Kier alpha value is -4.22. The lowest BCUT2D eigenvalue weighted by molar-refractivity contribution is -0.128. The molecular weight excluding hydrogens is 446 g/mol. The fraction of sp³-hybridized carbons (Fsp3) is 0.161.